The first-order valence-electron chi connectivity index (χ1n) is 8.39. The number of amides is 1. The quantitative estimate of drug-likeness (QED) is 0.746. The van der Waals surface area contributed by atoms with Gasteiger partial charge in [0.1, 0.15) is 4.21 Å². The number of hydrogen-bond donors (Lipinski definition) is 1. The zero-order valence-electron chi connectivity index (χ0n) is 14.4. The molecule has 0 spiro atoms. The zero-order valence-corrected chi connectivity index (χ0v) is 17.7. The Morgan fingerprint density at radius 3 is 2.42 bits per heavy atom. The van der Waals surface area contributed by atoms with Crippen molar-refractivity contribution in [2.24, 2.45) is 5.41 Å². The van der Waals surface area contributed by atoms with Gasteiger partial charge < -0.3 is 5.32 Å². The molecule has 0 aliphatic carbocycles. The van der Waals surface area contributed by atoms with Gasteiger partial charge in [-0.25, -0.2) is 8.42 Å². The second-order valence-corrected chi connectivity index (χ2v) is 11.3. The van der Waals surface area contributed by atoms with Gasteiger partial charge in [-0.3, -0.25) is 4.79 Å². The molecule has 8 heteroatoms. The average molecular weight is 457 g/mol. The summed E-state index contributed by atoms with van der Waals surface area (Å²) in [5.41, 5.74) is 0.504. The van der Waals surface area contributed by atoms with E-state index in [2.05, 4.69) is 21.2 Å². The second kappa shape index (κ2) is 7.80. The smallest absolute Gasteiger partial charge is 0.252 e. The van der Waals surface area contributed by atoms with Gasteiger partial charge in [-0.05, 0) is 46.5 Å². The van der Waals surface area contributed by atoms with Gasteiger partial charge in [-0.2, -0.15) is 4.31 Å². The number of hydrogen-bond acceptors (Lipinski definition) is 4. The maximum Gasteiger partial charge on any atom is 0.252 e. The molecule has 140 valence electrons. The van der Waals surface area contributed by atoms with E-state index in [9.17, 15) is 13.2 Å². The minimum Gasteiger partial charge on any atom is -0.352 e. The number of benzene rings is 1. The maximum absolute atomic E-state index is 12.7. The molecule has 1 aromatic carbocycles. The Morgan fingerprint density at radius 1 is 1.19 bits per heavy atom. The van der Waals surface area contributed by atoms with Crippen LogP contribution in [0, 0.1) is 5.41 Å². The van der Waals surface area contributed by atoms with Crippen LogP contribution < -0.4 is 5.32 Å². The lowest BCUT2D eigenvalue weighted by Gasteiger charge is -2.37. The third kappa shape index (κ3) is 4.19. The summed E-state index contributed by atoms with van der Waals surface area (Å²) in [4.78, 5) is 12.6. The highest BCUT2D eigenvalue weighted by Crippen LogP contribution is 2.35. The summed E-state index contributed by atoms with van der Waals surface area (Å²) < 4.78 is 28.0. The van der Waals surface area contributed by atoms with Crippen molar-refractivity contribution in [3.63, 3.8) is 0 Å². The van der Waals surface area contributed by atoms with Crippen molar-refractivity contribution < 1.29 is 13.2 Å². The van der Waals surface area contributed by atoms with Gasteiger partial charge >= 0.3 is 0 Å². The molecule has 1 aliphatic heterocycles. The Balaban J connectivity index is 1.60. The van der Waals surface area contributed by atoms with Crippen LogP contribution in [0.4, 0.5) is 0 Å². The highest BCUT2D eigenvalue weighted by molar-refractivity contribution is 9.11. The summed E-state index contributed by atoms with van der Waals surface area (Å²) >= 11 is 4.51. The fourth-order valence-electron chi connectivity index (χ4n) is 3.00. The third-order valence-corrected chi connectivity index (χ3v) is 8.80. The molecule has 0 bridgehead atoms. The van der Waals surface area contributed by atoms with Crippen LogP contribution in [-0.4, -0.2) is 31.7 Å². The Bertz CT molecular complexity index is 873. The van der Waals surface area contributed by atoms with Gasteiger partial charge in [0.2, 0.25) is 5.91 Å². The molecule has 2 aromatic rings. The fraction of sp³-hybridized carbons (Fsp3) is 0.389. The van der Waals surface area contributed by atoms with E-state index >= 15 is 0 Å². The van der Waals surface area contributed by atoms with Crippen molar-refractivity contribution in [1.29, 1.82) is 0 Å². The Kier molecular flexibility index (Phi) is 5.86. The van der Waals surface area contributed by atoms with Gasteiger partial charge in [-0.1, -0.05) is 37.3 Å². The molecule has 26 heavy (non-hydrogen) atoms. The number of nitrogens with zero attached hydrogens (tertiary/aromatic N) is 1. The number of carbonyl (C=O) groups is 1. The molecule has 5 nitrogen and oxygen atoms in total. The van der Waals surface area contributed by atoms with Crippen LogP contribution in [0.5, 0.6) is 0 Å². The summed E-state index contributed by atoms with van der Waals surface area (Å²) in [6.45, 7) is 3.11. The first kappa shape index (κ1) is 19.5. The lowest BCUT2D eigenvalue weighted by atomic mass is 9.80. The minimum absolute atomic E-state index is 0.0164. The highest BCUT2D eigenvalue weighted by atomic mass is 79.9. The molecule has 3 rings (SSSR count). The normalized spacial score (nSPS) is 17.8. The lowest BCUT2D eigenvalue weighted by molar-refractivity contribution is -0.132. The molecular weight excluding hydrogens is 436 g/mol. The topological polar surface area (TPSA) is 66.5 Å². The molecule has 1 fully saturated rings. The standard InChI is InChI=1S/C18H21BrN2O3S2/c1-18(17(22)20-13-14-5-3-2-4-6-14)9-11-21(12-10-18)26(23,24)16-8-7-15(19)25-16/h2-8H,9-13H2,1H3,(H,20,22). The molecule has 1 saturated heterocycles. The van der Waals surface area contributed by atoms with E-state index in [0.717, 1.165) is 9.35 Å². The van der Waals surface area contributed by atoms with E-state index in [-0.39, 0.29) is 5.91 Å². The number of nitrogens with one attached hydrogen (secondary N) is 1. The first-order chi connectivity index (χ1) is 12.3. The zero-order chi connectivity index (χ0) is 18.8. The van der Waals surface area contributed by atoms with Crippen molar-refractivity contribution in [3.05, 3.63) is 51.8 Å². The van der Waals surface area contributed by atoms with Crippen molar-refractivity contribution in [3.8, 4) is 0 Å². The number of thiophene rings is 1. The van der Waals surface area contributed by atoms with Crippen molar-refractivity contribution in [1.82, 2.24) is 9.62 Å². The van der Waals surface area contributed by atoms with Crippen LogP contribution in [0.15, 0.2) is 50.5 Å². The Labute approximate surface area is 166 Å². The van der Waals surface area contributed by atoms with Crippen LogP contribution in [0.3, 0.4) is 0 Å². The van der Waals surface area contributed by atoms with E-state index in [0.29, 0.717) is 36.7 Å². The highest BCUT2D eigenvalue weighted by Gasteiger charge is 2.40. The summed E-state index contributed by atoms with van der Waals surface area (Å²) in [5, 5.41) is 2.99. The predicted molar refractivity (Wildman–Crippen MR) is 106 cm³/mol. The molecule has 0 saturated carbocycles. The minimum atomic E-state index is -3.48. The molecule has 2 heterocycles. The van der Waals surface area contributed by atoms with E-state index < -0.39 is 15.4 Å². The second-order valence-electron chi connectivity index (χ2n) is 6.69. The molecular formula is C18H21BrN2O3S2. The monoisotopic (exact) mass is 456 g/mol. The van der Waals surface area contributed by atoms with Crippen molar-refractivity contribution in [2.45, 2.75) is 30.5 Å². The average Bonchev–Trinajstić information content (AvgIpc) is 3.08. The maximum atomic E-state index is 12.7. The van der Waals surface area contributed by atoms with E-state index in [1.165, 1.54) is 15.6 Å². The first-order valence-corrected chi connectivity index (χ1v) is 11.4. The molecule has 0 radical (unpaired) electrons. The molecule has 0 unspecified atom stereocenters. The summed E-state index contributed by atoms with van der Waals surface area (Å²) in [6, 6.07) is 13.1. The van der Waals surface area contributed by atoms with Gasteiger partial charge in [0, 0.05) is 25.0 Å². The summed E-state index contributed by atoms with van der Waals surface area (Å²) in [6.07, 6.45) is 1.03. The van der Waals surface area contributed by atoms with Crippen LogP contribution in [-0.2, 0) is 21.4 Å². The number of rotatable bonds is 5. The van der Waals surface area contributed by atoms with E-state index in [1.54, 1.807) is 12.1 Å². The van der Waals surface area contributed by atoms with Gasteiger partial charge in [0.05, 0.1) is 3.79 Å². The molecule has 1 amide bonds. The predicted octanol–water partition coefficient (Wildman–Crippen LogP) is 3.62. The summed E-state index contributed by atoms with van der Waals surface area (Å²) in [5.74, 6) is -0.0164. The largest absolute Gasteiger partial charge is 0.352 e. The number of sulfonamides is 1. The van der Waals surface area contributed by atoms with Gasteiger partial charge in [0.15, 0.2) is 0 Å². The Hall–Kier alpha value is -1.22. The fourth-order valence-corrected chi connectivity index (χ4v) is 6.61. The van der Waals surface area contributed by atoms with Crippen LogP contribution in [0.25, 0.3) is 0 Å². The van der Waals surface area contributed by atoms with E-state index in [4.69, 9.17) is 0 Å². The van der Waals surface area contributed by atoms with E-state index in [1.807, 2.05) is 37.3 Å². The number of halogens is 1. The summed E-state index contributed by atoms with van der Waals surface area (Å²) in [7, 11) is -3.48. The SMILES string of the molecule is CC1(C(=O)NCc2ccccc2)CCN(S(=O)(=O)c2ccc(Br)s2)CC1. The van der Waals surface area contributed by atoms with Crippen molar-refractivity contribution >= 4 is 43.2 Å². The molecule has 1 aromatic heterocycles. The third-order valence-electron chi connectivity index (χ3n) is 4.81. The van der Waals surface area contributed by atoms with Gasteiger partial charge in [0.25, 0.3) is 10.0 Å². The Morgan fingerprint density at radius 2 is 1.85 bits per heavy atom. The lowest BCUT2D eigenvalue weighted by Crippen LogP contribution is -2.48. The number of carbonyl (C=O) groups excluding carboxylic acids is 1. The molecule has 0 atom stereocenters. The van der Waals surface area contributed by atoms with Crippen molar-refractivity contribution in [2.75, 3.05) is 13.1 Å². The number of piperidine rings is 1. The van der Waals surface area contributed by atoms with Gasteiger partial charge in [-0.15, -0.1) is 11.3 Å². The van der Waals surface area contributed by atoms with Crippen LogP contribution in [0.2, 0.25) is 0 Å². The molecule has 1 N–H and O–H groups in total. The molecule has 1 aliphatic rings. The van der Waals surface area contributed by atoms with Crippen LogP contribution >= 0.6 is 27.3 Å². The van der Waals surface area contributed by atoms with Crippen LogP contribution in [0.1, 0.15) is 25.3 Å².